The highest BCUT2D eigenvalue weighted by atomic mass is 16.5. The van der Waals surface area contributed by atoms with Crippen molar-refractivity contribution in [1.29, 1.82) is 0 Å². The van der Waals surface area contributed by atoms with E-state index in [9.17, 15) is 14.7 Å². The second-order valence-corrected chi connectivity index (χ2v) is 9.47. The molecule has 1 aliphatic heterocycles. The average molecular weight is 530 g/mol. The summed E-state index contributed by atoms with van der Waals surface area (Å²) in [6.07, 6.45) is 2.53. The van der Waals surface area contributed by atoms with Crippen molar-refractivity contribution in [2.45, 2.75) is 26.8 Å². The quantitative estimate of drug-likeness (QED) is 0.320. The number of phenolic OH excluding ortho intramolecular Hbond substituents is 1. The molecule has 0 amide bonds. The van der Waals surface area contributed by atoms with Crippen molar-refractivity contribution in [2.75, 3.05) is 37.7 Å². The van der Waals surface area contributed by atoms with Gasteiger partial charge in [0, 0.05) is 38.9 Å². The molecule has 0 unspecified atom stereocenters. The highest BCUT2D eigenvalue weighted by molar-refractivity contribution is 5.89. The van der Waals surface area contributed by atoms with Gasteiger partial charge in [0.1, 0.15) is 28.7 Å². The summed E-state index contributed by atoms with van der Waals surface area (Å²) in [6.45, 7) is 7.54. The van der Waals surface area contributed by atoms with Crippen LogP contribution in [0.25, 0.3) is 11.0 Å². The third kappa shape index (κ3) is 5.73. The molecule has 1 saturated heterocycles. The molecule has 0 radical (unpaired) electrons. The number of piperazine rings is 1. The van der Waals surface area contributed by atoms with Gasteiger partial charge in [0.25, 0.3) is 0 Å². The maximum Gasteiger partial charge on any atom is 0.338 e. The monoisotopic (exact) mass is 529 g/mol. The first kappa shape index (κ1) is 26.2. The molecule has 1 fully saturated rings. The van der Waals surface area contributed by atoms with Gasteiger partial charge in [-0.05, 0) is 61.9 Å². The van der Waals surface area contributed by atoms with Crippen molar-refractivity contribution < 1.29 is 23.8 Å². The predicted molar refractivity (Wildman–Crippen MR) is 148 cm³/mol. The number of aromatic hydroxyl groups is 1. The van der Waals surface area contributed by atoms with E-state index in [1.807, 2.05) is 25.1 Å². The van der Waals surface area contributed by atoms with Gasteiger partial charge in [-0.2, -0.15) is 0 Å². The number of carbonyl (C=O) groups is 1. The Hall–Kier alpha value is -4.37. The minimum absolute atomic E-state index is 0.0597. The standard InChI is InChI=1S/C30H31N3O6/c1-3-18-37-30(36)21-7-9-22(10-8-21)39-28-20(2)38-29-23(27(28)35)11-12-25(34)24(29)19-32-14-16-33(17-15-32)26-6-4-5-13-31-26/h4-13,34H,3,14-19H2,1-2H3. The minimum atomic E-state index is -0.407. The van der Waals surface area contributed by atoms with E-state index in [4.69, 9.17) is 13.9 Å². The smallest absolute Gasteiger partial charge is 0.338 e. The Labute approximate surface area is 226 Å². The number of rotatable bonds is 8. The van der Waals surface area contributed by atoms with Crippen LogP contribution in [0.2, 0.25) is 0 Å². The zero-order chi connectivity index (χ0) is 27.4. The van der Waals surface area contributed by atoms with E-state index in [-0.39, 0.29) is 16.9 Å². The van der Waals surface area contributed by atoms with Crippen molar-refractivity contribution in [3.8, 4) is 17.2 Å². The van der Waals surface area contributed by atoms with Gasteiger partial charge in [-0.3, -0.25) is 9.69 Å². The molecule has 0 aliphatic carbocycles. The number of anilines is 1. The molecule has 2 aromatic carbocycles. The zero-order valence-corrected chi connectivity index (χ0v) is 22.1. The van der Waals surface area contributed by atoms with Gasteiger partial charge >= 0.3 is 5.97 Å². The number of fused-ring (bicyclic) bond motifs is 1. The van der Waals surface area contributed by atoms with Crippen LogP contribution in [0.4, 0.5) is 5.82 Å². The van der Waals surface area contributed by atoms with E-state index in [0.29, 0.717) is 46.8 Å². The first-order chi connectivity index (χ1) is 18.9. The van der Waals surface area contributed by atoms with Gasteiger partial charge in [0.2, 0.25) is 11.2 Å². The molecule has 0 spiro atoms. The SMILES string of the molecule is CCCOC(=O)c1ccc(Oc2c(C)oc3c(CN4CCN(c5ccccn5)CC4)c(O)ccc3c2=O)cc1. The number of carbonyl (C=O) groups excluding carboxylic acids is 1. The normalized spacial score (nSPS) is 13.9. The number of phenols is 1. The van der Waals surface area contributed by atoms with E-state index in [0.717, 1.165) is 38.4 Å². The average Bonchev–Trinajstić information content (AvgIpc) is 2.96. The summed E-state index contributed by atoms with van der Waals surface area (Å²) in [4.78, 5) is 34.4. The lowest BCUT2D eigenvalue weighted by molar-refractivity contribution is 0.0505. The van der Waals surface area contributed by atoms with Crippen molar-refractivity contribution in [3.05, 3.63) is 87.9 Å². The summed E-state index contributed by atoms with van der Waals surface area (Å²) >= 11 is 0. The van der Waals surface area contributed by atoms with E-state index in [1.165, 1.54) is 6.07 Å². The fraction of sp³-hybridized carbons (Fsp3) is 0.300. The third-order valence-electron chi connectivity index (χ3n) is 6.74. The molecule has 4 aromatic rings. The first-order valence-electron chi connectivity index (χ1n) is 13.1. The Balaban J connectivity index is 1.34. The lowest BCUT2D eigenvalue weighted by Gasteiger charge is -2.35. The highest BCUT2D eigenvalue weighted by Gasteiger charge is 2.23. The van der Waals surface area contributed by atoms with Crippen LogP contribution in [0.15, 0.2) is 70.0 Å². The summed E-state index contributed by atoms with van der Waals surface area (Å²) in [5.74, 6) is 1.37. The van der Waals surface area contributed by atoms with Gasteiger partial charge in [-0.15, -0.1) is 0 Å². The van der Waals surface area contributed by atoms with Crippen LogP contribution in [0.3, 0.4) is 0 Å². The fourth-order valence-electron chi connectivity index (χ4n) is 4.62. The molecule has 2 aromatic heterocycles. The van der Waals surface area contributed by atoms with Crippen molar-refractivity contribution in [1.82, 2.24) is 9.88 Å². The molecular formula is C30H31N3O6. The minimum Gasteiger partial charge on any atom is -0.507 e. The maximum atomic E-state index is 13.4. The molecule has 39 heavy (non-hydrogen) atoms. The third-order valence-corrected chi connectivity index (χ3v) is 6.74. The van der Waals surface area contributed by atoms with Crippen LogP contribution in [-0.2, 0) is 11.3 Å². The Morgan fingerprint density at radius 2 is 1.82 bits per heavy atom. The van der Waals surface area contributed by atoms with Gasteiger partial charge in [-0.1, -0.05) is 13.0 Å². The number of pyridine rings is 1. The summed E-state index contributed by atoms with van der Waals surface area (Å²) in [6, 6.07) is 15.4. The number of aromatic nitrogens is 1. The lowest BCUT2D eigenvalue weighted by atomic mass is 10.1. The fourth-order valence-corrected chi connectivity index (χ4v) is 4.62. The summed E-state index contributed by atoms with van der Waals surface area (Å²) in [5.41, 5.74) is 0.993. The number of aryl methyl sites for hydroxylation is 1. The number of hydrogen-bond donors (Lipinski definition) is 1. The van der Waals surface area contributed by atoms with Crippen LogP contribution in [0.5, 0.6) is 17.2 Å². The van der Waals surface area contributed by atoms with Crippen LogP contribution in [-0.4, -0.2) is 53.7 Å². The molecule has 3 heterocycles. The summed E-state index contributed by atoms with van der Waals surface area (Å²) < 4.78 is 17.1. The van der Waals surface area contributed by atoms with Crippen LogP contribution in [0.1, 0.15) is 35.0 Å². The molecule has 1 N–H and O–H groups in total. The largest absolute Gasteiger partial charge is 0.507 e. The Kier molecular flexibility index (Phi) is 7.79. The topological polar surface area (TPSA) is 105 Å². The summed E-state index contributed by atoms with van der Waals surface area (Å²) in [7, 11) is 0. The van der Waals surface area contributed by atoms with Crippen LogP contribution in [0, 0.1) is 6.92 Å². The van der Waals surface area contributed by atoms with E-state index >= 15 is 0 Å². The molecule has 9 nitrogen and oxygen atoms in total. The van der Waals surface area contributed by atoms with Crippen LogP contribution < -0.4 is 15.1 Å². The highest BCUT2D eigenvalue weighted by Crippen LogP contribution is 2.32. The molecule has 9 heteroatoms. The van der Waals surface area contributed by atoms with E-state index in [1.54, 1.807) is 43.5 Å². The van der Waals surface area contributed by atoms with Gasteiger partial charge in [0.15, 0.2) is 0 Å². The van der Waals surface area contributed by atoms with Crippen molar-refractivity contribution in [2.24, 2.45) is 0 Å². The number of nitrogens with zero attached hydrogens (tertiary/aromatic N) is 3. The van der Waals surface area contributed by atoms with Gasteiger partial charge < -0.3 is 23.9 Å². The van der Waals surface area contributed by atoms with Crippen molar-refractivity contribution >= 4 is 22.8 Å². The number of benzene rings is 2. The van der Waals surface area contributed by atoms with Crippen LogP contribution >= 0.6 is 0 Å². The molecule has 0 saturated carbocycles. The number of hydrogen-bond acceptors (Lipinski definition) is 9. The number of ether oxygens (including phenoxy) is 2. The molecular weight excluding hydrogens is 498 g/mol. The number of esters is 1. The summed E-state index contributed by atoms with van der Waals surface area (Å²) in [5, 5.41) is 11.0. The van der Waals surface area contributed by atoms with E-state index in [2.05, 4.69) is 14.8 Å². The Bertz CT molecular complexity index is 1510. The Morgan fingerprint density at radius 1 is 1.05 bits per heavy atom. The van der Waals surface area contributed by atoms with Gasteiger partial charge in [-0.25, -0.2) is 9.78 Å². The van der Waals surface area contributed by atoms with Gasteiger partial charge in [0.05, 0.1) is 23.1 Å². The molecule has 5 rings (SSSR count). The molecule has 0 atom stereocenters. The maximum absolute atomic E-state index is 13.4. The Morgan fingerprint density at radius 3 is 2.51 bits per heavy atom. The molecule has 0 bridgehead atoms. The second-order valence-electron chi connectivity index (χ2n) is 9.47. The van der Waals surface area contributed by atoms with Crippen molar-refractivity contribution in [3.63, 3.8) is 0 Å². The molecule has 1 aliphatic rings. The lowest BCUT2D eigenvalue weighted by Crippen LogP contribution is -2.46. The predicted octanol–water partition coefficient (Wildman–Crippen LogP) is 4.88. The second kappa shape index (κ2) is 11.6. The van der Waals surface area contributed by atoms with E-state index < -0.39 is 5.97 Å². The molecule has 202 valence electrons. The zero-order valence-electron chi connectivity index (χ0n) is 22.1. The first-order valence-corrected chi connectivity index (χ1v) is 13.1.